The van der Waals surface area contributed by atoms with Gasteiger partial charge in [-0.05, 0) is 55.1 Å². The molecule has 1 aromatic carbocycles. The van der Waals surface area contributed by atoms with Crippen molar-refractivity contribution in [2.45, 2.75) is 39.5 Å². The molecule has 0 radical (unpaired) electrons. The van der Waals surface area contributed by atoms with Crippen molar-refractivity contribution in [1.29, 1.82) is 0 Å². The minimum absolute atomic E-state index is 0.235. The third-order valence-corrected chi connectivity index (χ3v) is 5.78. The van der Waals surface area contributed by atoms with Crippen LogP contribution >= 0.6 is 0 Å². The van der Waals surface area contributed by atoms with Crippen LogP contribution in [0.4, 0.5) is 5.69 Å². The standard InChI is InChI=1S/C18H25NO/c1-12-8-9-15(13(12)2)16-10-11-17(16)18(20)19-14-6-4-3-5-7-14/h3-7,12-13,15-17H,8-11H2,1-2H3,(H,19,20)/t12-,13-,15+,16?,17?/m1/s1. The smallest absolute Gasteiger partial charge is 0.227 e. The van der Waals surface area contributed by atoms with Crippen molar-refractivity contribution in [2.75, 3.05) is 5.32 Å². The van der Waals surface area contributed by atoms with E-state index in [1.165, 1.54) is 19.3 Å². The second-order valence-corrected chi connectivity index (χ2v) is 6.78. The second kappa shape index (κ2) is 5.59. The molecule has 20 heavy (non-hydrogen) atoms. The summed E-state index contributed by atoms with van der Waals surface area (Å²) in [6.45, 7) is 4.75. The van der Waals surface area contributed by atoms with Crippen molar-refractivity contribution in [1.82, 2.24) is 0 Å². The minimum atomic E-state index is 0.235. The Morgan fingerprint density at radius 3 is 2.25 bits per heavy atom. The third-order valence-electron chi connectivity index (χ3n) is 5.78. The lowest BCUT2D eigenvalue weighted by atomic mass is 9.64. The maximum Gasteiger partial charge on any atom is 0.227 e. The average Bonchev–Trinajstić information content (AvgIpc) is 2.71. The van der Waals surface area contributed by atoms with Gasteiger partial charge >= 0.3 is 0 Å². The van der Waals surface area contributed by atoms with Crippen LogP contribution in [0.3, 0.4) is 0 Å². The van der Waals surface area contributed by atoms with E-state index in [-0.39, 0.29) is 11.8 Å². The van der Waals surface area contributed by atoms with E-state index in [4.69, 9.17) is 0 Å². The summed E-state index contributed by atoms with van der Waals surface area (Å²) in [5, 5.41) is 3.08. The molecule has 1 N–H and O–H groups in total. The van der Waals surface area contributed by atoms with Gasteiger partial charge in [-0.3, -0.25) is 4.79 Å². The molecule has 3 rings (SSSR count). The first-order chi connectivity index (χ1) is 9.66. The van der Waals surface area contributed by atoms with Gasteiger partial charge in [0.2, 0.25) is 5.91 Å². The van der Waals surface area contributed by atoms with E-state index in [0.29, 0.717) is 5.92 Å². The Labute approximate surface area is 122 Å². The Bertz CT molecular complexity index is 470. The SMILES string of the molecule is C[C@@H]1[C@H](C)CC[C@@H]1C1CCC1C(=O)Nc1ccccc1. The molecule has 0 aromatic heterocycles. The zero-order valence-electron chi connectivity index (χ0n) is 12.5. The largest absolute Gasteiger partial charge is 0.326 e. The summed E-state index contributed by atoms with van der Waals surface area (Å²) in [5.41, 5.74) is 0.927. The quantitative estimate of drug-likeness (QED) is 0.871. The van der Waals surface area contributed by atoms with Crippen LogP contribution in [0.5, 0.6) is 0 Å². The van der Waals surface area contributed by atoms with Gasteiger partial charge in [-0.25, -0.2) is 0 Å². The number of carbonyl (C=O) groups excluding carboxylic acids is 1. The number of para-hydroxylation sites is 1. The maximum absolute atomic E-state index is 12.4. The third kappa shape index (κ3) is 2.48. The molecule has 1 aromatic rings. The highest BCUT2D eigenvalue weighted by Crippen LogP contribution is 2.50. The minimum Gasteiger partial charge on any atom is -0.326 e. The topological polar surface area (TPSA) is 29.1 Å². The summed E-state index contributed by atoms with van der Waals surface area (Å²) in [5.74, 6) is 3.49. The van der Waals surface area contributed by atoms with Gasteiger partial charge in [0.25, 0.3) is 0 Å². The first kappa shape index (κ1) is 13.7. The molecule has 2 saturated carbocycles. The highest BCUT2D eigenvalue weighted by Gasteiger charge is 2.45. The van der Waals surface area contributed by atoms with Gasteiger partial charge in [-0.1, -0.05) is 38.5 Å². The van der Waals surface area contributed by atoms with Crippen LogP contribution < -0.4 is 5.32 Å². The molecule has 2 aliphatic carbocycles. The Balaban J connectivity index is 1.62. The molecule has 1 amide bonds. The van der Waals surface area contributed by atoms with Crippen LogP contribution in [0.1, 0.15) is 39.5 Å². The Morgan fingerprint density at radius 1 is 1.00 bits per heavy atom. The summed E-state index contributed by atoms with van der Waals surface area (Å²) >= 11 is 0. The molecule has 2 aliphatic rings. The molecule has 0 heterocycles. The first-order valence-electron chi connectivity index (χ1n) is 8.02. The number of nitrogens with one attached hydrogen (secondary N) is 1. The predicted octanol–water partition coefficient (Wildman–Crippen LogP) is 4.33. The molecular weight excluding hydrogens is 246 g/mol. The lowest BCUT2D eigenvalue weighted by Gasteiger charge is -2.41. The van der Waals surface area contributed by atoms with Crippen LogP contribution in [0, 0.1) is 29.6 Å². The van der Waals surface area contributed by atoms with E-state index in [1.54, 1.807) is 0 Å². The molecule has 2 fully saturated rings. The van der Waals surface area contributed by atoms with Crippen molar-refractivity contribution in [3.63, 3.8) is 0 Å². The van der Waals surface area contributed by atoms with Gasteiger partial charge < -0.3 is 5.32 Å². The van der Waals surface area contributed by atoms with Crippen LogP contribution in [0.15, 0.2) is 30.3 Å². The fourth-order valence-electron chi connectivity index (χ4n) is 4.13. The zero-order valence-corrected chi connectivity index (χ0v) is 12.5. The fraction of sp³-hybridized carbons (Fsp3) is 0.611. The number of benzene rings is 1. The van der Waals surface area contributed by atoms with Gasteiger partial charge in [0.1, 0.15) is 0 Å². The van der Waals surface area contributed by atoms with Crippen LogP contribution in [0.25, 0.3) is 0 Å². The van der Waals surface area contributed by atoms with E-state index < -0.39 is 0 Å². The number of anilines is 1. The number of carbonyl (C=O) groups is 1. The van der Waals surface area contributed by atoms with Crippen LogP contribution in [-0.2, 0) is 4.79 Å². The van der Waals surface area contributed by atoms with Crippen molar-refractivity contribution >= 4 is 11.6 Å². The number of hydrogen-bond acceptors (Lipinski definition) is 1. The molecule has 0 spiro atoms. The van der Waals surface area contributed by atoms with E-state index in [1.807, 2.05) is 30.3 Å². The fourth-order valence-corrected chi connectivity index (χ4v) is 4.13. The lowest BCUT2D eigenvalue weighted by molar-refractivity contribution is -0.126. The van der Waals surface area contributed by atoms with E-state index in [9.17, 15) is 4.79 Å². The van der Waals surface area contributed by atoms with Gasteiger partial charge in [-0.15, -0.1) is 0 Å². The number of rotatable bonds is 3. The highest BCUT2D eigenvalue weighted by molar-refractivity contribution is 5.93. The molecule has 2 unspecified atom stereocenters. The monoisotopic (exact) mass is 271 g/mol. The maximum atomic E-state index is 12.4. The van der Waals surface area contributed by atoms with Crippen molar-refractivity contribution < 1.29 is 4.79 Å². The Hall–Kier alpha value is -1.31. The van der Waals surface area contributed by atoms with Gasteiger partial charge in [0.05, 0.1) is 0 Å². The average molecular weight is 271 g/mol. The van der Waals surface area contributed by atoms with Gasteiger partial charge in [0, 0.05) is 11.6 Å². The highest BCUT2D eigenvalue weighted by atomic mass is 16.1. The van der Waals surface area contributed by atoms with Crippen molar-refractivity contribution in [2.24, 2.45) is 29.6 Å². The van der Waals surface area contributed by atoms with E-state index in [0.717, 1.165) is 29.9 Å². The summed E-state index contributed by atoms with van der Waals surface area (Å²) in [4.78, 5) is 12.4. The molecule has 0 aliphatic heterocycles. The summed E-state index contributed by atoms with van der Waals surface area (Å²) in [7, 11) is 0. The molecule has 2 nitrogen and oxygen atoms in total. The van der Waals surface area contributed by atoms with Crippen LogP contribution in [-0.4, -0.2) is 5.91 Å². The first-order valence-corrected chi connectivity index (χ1v) is 8.02. The van der Waals surface area contributed by atoms with Crippen molar-refractivity contribution in [3.05, 3.63) is 30.3 Å². The molecule has 2 heteroatoms. The van der Waals surface area contributed by atoms with Gasteiger partial charge in [-0.2, -0.15) is 0 Å². The lowest BCUT2D eigenvalue weighted by Crippen LogP contribution is -2.41. The second-order valence-electron chi connectivity index (χ2n) is 6.78. The molecule has 108 valence electrons. The molecule has 5 atom stereocenters. The molecule has 0 saturated heterocycles. The summed E-state index contributed by atoms with van der Waals surface area (Å²) in [6.07, 6.45) is 4.98. The Kier molecular flexibility index (Phi) is 3.82. The Morgan fingerprint density at radius 2 is 1.70 bits per heavy atom. The van der Waals surface area contributed by atoms with Gasteiger partial charge in [0.15, 0.2) is 0 Å². The molecular formula is C18H25NO. The van der Waals surface area contributed by atoms with Crippen LogP contribution in [0.2, 0.25) is 0 Å². The summed E-state index contributed by atoms with van der Waals surface area (Å²) < 4.78 is 0. The summed E-state index contributed by atoms with van der Waals surface area (Å²) in [6, 6.07) is 9.84. The number of hydrogen-bond donors (Lipinski definition) is 1. The van der Waals surface area contributed by atoms with E-state index >= 15 is 0 Å². The van der Waals surface area contributed by atoms with E-state index in [2.05, 4.69) is 19.2 Å². The zero-order chi connectivity index (χ0) is 14.1. The van der Waals surface area contributed by atoms with Crippen molar-refractivity contribution in [3.8, 4) is 0 Å². The number of amides is 1. The predicted molar refractivity (Wildman–Crippen MR) is 82.3 cm³/mol. The molecule has 0 bridgehead atoms. The normalized spacial score (nSPS) is 36.4.